The molecule has 0 unspecified atom stereocenters. The first kappa shape index (κ1) is 27.9. The summed E-state index contributed by atoms with van der Waals surface area (Å²) < 4.78 is 0. The second-order valence-electron chi connectivity index (χ2n) is 12.9. The van der Waals surface area contributed by atoms with Gasteiger partial charge in [0.05, 0.1) is 0 Å². The number of rotatable bonds is 9. The lowest BCUT2D eigenvalue weighted by molar-refractivity contribution is 0.940. The van der Waals surface area contributed by atoms with Gasteiger partial charge in [0.1, 0.15) is 0 Å². The molecule has 0 N–H and O–H groups in total. The maximum absolute atomic E-state index is 2.56. The van der Waals surface area contributed by atoms with Gasteiger partial charge in [-0.05, 0) is 141 Å². The molecule has 222 valence electrons. The van der Waals surface area contributed by atoms with Crippen molar-refractivity contribution in [3.8, 4) is 0 Å². The molecular formula is C44H41N. The van der Waals surface area contributed by atoms with Crippen molar-refractivity contribution in [1.82, 2.24) is 0 Å². The molecule has 8 rings (SSSR count). The Bertz CT molecular complexity index is 2030. The summed E-state index contributed by atoms with van der Waals surface area (Å²) in [5, 5.41) is 5.78. The van der Waals surface area contributed by atoms with Crippen LogP contribution in [0.15, 0.2) is 115 Å². The Morgan fingerprint density at radius 2 is 1.18 bits per heavy atom. The fourth-order valence-electron chi connectivity index (χ4n) is 8.26. The van der Waals surface area contributed by atoms with E-state index in [9.17, 15) is 0 Å². The third kappa shape index (κ3) is 4.77. The Morgan fingerprint density at radius 1 is 0.533 bits per heavy atom. The van der Waals surface area contributed by atoms with Gasteiger partial charge in [-0.25, -0.2) is 0 Å². The molecule has 0 amide bonds. The van der Waals surface area contributed by atoms with E-state index >= 15 is 0 Å². The monoisotopic (exact) mass is 583 g/mol. The number of benzene rings is 6. The van der Waals surface area contributed by atoms with Gasteiger partial charge in [0.25, 0.3) is 0 Å². The highest BCUT2D eigenvalue weighted by Gasteiger charge is 2.25. The van der Waals surface area contributed by atoms with Crippen LogP contribution in [0.5, 0.6) is 0 Å². The van der Waals surface area contributed by atoms with Crippen molar-refractivity contribution in [3.05, 3.63) is 149 Å². The standard InChI is InChI=1S/C44H41N/c1-3-12-37(38(13-4-2)39-24-20-30-14-11-15-31-21-25-40(39)43(30)31)34-28-32-22-26-41-42(27-23-33(29-34)44(32)41)45(35-16-7-5-8-17-35)36-18-9-6-10-19-36/h5-11,14-20,23-24,27-29H,3-4,12-13,21-22,25-26H2,1-2H3/b38-37+. The summed E-state index contributed by atoms with van der Waals surface area (Å²) in [7, 11) is 0. The average Bonchev–Trinajstić information content (AvgIpc) is 3.72. The van der Waals surface area contributed by atoms with Gasteiger partial charge in [-0.2, -0.15) is 0 Å². The minimum absolute atomic E-state index is 1.08. The van der Waals surface area contributed by atoms with Crippen LogP contribution in [0.3, 0.4) is 0 Å². The zero-order valence-corrected chi connectivity index (χ0v) is 26.6. The summed E-state index contributed by atoms with van der Waals surface area (Å²) in [5.74, 6) is 0. The average molecular weight is 584 g/mol. The third-order valence-corrected chi connectivity index (χ3v) is 10.1. The lowest BCUT2D eigenvalue weighted by Gasteiger charge is -2.27. The van der Waals surface area contributed by atoms with E-state index in [-0.39, 0.29) is 0 Å². The number of para-hydroxylation sites is 2. The Kier molecular flexibility index (Phi) is 7.26. The molecule has 2 aliphatic carbocycles. The van der Waals surface area contributed by atoms with E-state index in [4.69, 9.17) is 0 Å². The van der Waals surface area contributed by atoms with Crippen LogP contribution in [0.1, 0.15) is 72.9 Å². The lowest BCUT2D eigenvalue weighted by Crippen LogP contribution is -2.11. The largest absolute Gasteiger partial charge is 0.310 e. The van der Waals surface area contributed by atoms with Crippen LogP contribution in [0.25, 0.3) is 32.7 Å². The first-order valence-corrected chi connectivity index (χ1v) is 17.0. The second-order valence-corrected chi connectivity index (χ2v) is 12.9. The van der Waals surface area contributed by atoms with E-state index < -0.39 is 0 Å². The normalized spacial score (nSPS) is 13.9. The number of hydrogen-bond donors (Lipinski definition) is 0. The quantitative estimate of drug-likeness (QED) is 0.153. The number of aryl methyl sites for hydroxylation is 4. The number of anilines is 3. The molecule has 6 aromatic carbocycles. The molecule has 0 saturated heterocycles. The number of allylic oxidation sites excluding steroid dienone is 2. The molecule has 2 aliphatic rings. The summed E-state index contributed by atoms with van der Waals surface area (Å²) in [6.07, 6.45) is 9.04. The van der Waals surface area contributed by atoms with Crippen molar-refractivity contribution < 1.29 is 0 Å². The molecule has 0 aliphatic heterocycles. The van der Waals surface area contributed by atoms with Crippen molar-refractivity contribution in [1.29, 1.82) is 0 Å². The number of hydrogen-bond acceptors (Lipinski definition) is 1. The maximum Gasteiger partial charge on any atom is 0.0500 e. The zero-order valence-electron chi connectivity index (χ0n) is 26.6. The third-order valence-electron chi connectivity index (χ3n) is 10.1. The minimum Gasteiger partial charge on any atom is -0.310 e. The Labute approximate surface area is 267 Å². The summed E-state index contributed by atoms with van der Waals surface area (Å²) in [6, 6.07) is 43.2. The van der Waals surface area contributed by atoms with E-state index in [1.165, 1.54) is 72.8 Å². The molecular weight excluding hydrogens is 542 g/mol. The molecule has 0 spiro atoms. The first-order valence-electron chi connectivity index (χ1n) is 17.0. The van der Waals surface area contributed by atoms with E-state index in [1.54, 1.807) is 16.7 Å². The topological polar surface area (TPSA) is 3.24 Å². The Hall–Kier alpha value is -4.62. The van der Waals surface area contributed by atoms with Crippen molar-refractivity contribution in [2.45, 2.75) is 65.2 Å². The van der Waals surface area contributed by atoms with E-state index in [0.717, 1.165) is 44.9 Å². The summed E-state index contributed by atoms with van der Waals surface area (Å²) in [6.45, 7) is 4.68. The molecule has 0 atom stereocenters. The van der Waals surface area contributed by atoms with Crippen molar-refractivity contribution in [2.24, 2.45) is 0 Å². The predicted octanol–water partition coefficient (Wildman–Crippen LogP) is 12.2. The van der Waals surface area contributed by atoms with Crippen LogP contribution in [0.4, 0.5) is 17.1 Å². The van der Waals surface area contributed by atoms with Gasteiger partial charge < -0.3 is 4.90 Å². The summed E-state index contributed by atoms with van der Waals surface area (Å²) in [5.41, 5.74) is 15.9. The molecule has 45 heavy (non-hydrogen) atoms. The molecule has 0 heterocycles. The lowest BCUT2D eigenvalue weighted by atomic mass is 9.84. The molecule has 0 saturated carbocycles. The molecule has 0 fully saturated rings. The maximum atomic E-state index is 2.56. The van der Waals surface area contributed by atoms with Crippen LogP contribution >= 0.6 is 0 Å². The minimum atomic E-state index is 1.08. The van der Waals surface area contributed by atoms with Crippen molar-refractivity contribution >= 4 is 49.8 Å². The van der Waals surface area contributed by atoms with Crippen LogP contribution in [-0.2, 0) is 25.7 Å². The fraction of sp³-hybridized carbons (Fsp3) is 0.227. The van der Waals surface area contributed by atoms with Gasteiger partial charge >= 0.3 is 0 Å². The highest BCUT2D eigenvalue weighted by molar-refractivity contribution is 6.03. The van der Waals surface area contributed by atoms with Gasteiger partial charge in [0.15, 0.2) is 0 Å². The second kappa shape index (κ2) is 11.7. The van der Waals surface area contributed by atoms with Crippen molar-refractivity contribution in [3.63, 3.8) is 0 Å². The molecule has 1 nitrogen and oxygen atoms in total. The SMILES string of the molecule is CCC/C(=C(/CCC)c1ccc2cccc3c2c1CC3)c1cc2c3c(c(N(c4ccccc4)c4ccccc4)ccc3c1)CC2. The number of nitrogens with zero attached hydrogens (tertiary/aromatic N) is 1. The van der Waals surface area contributed by atoms with E-state index in [2.05, 4.69) is 134 Å². The molecule has 6 aromatic rings. The highest BCUT2D eigenvalue weighted by Crippen LogP contribution is 2.46. The van der Waals surface area contributed by atoms with Gasteiger partial charge in [-0.3, -0.25) is 0 Å². The van der Waals surface area contributed by atoms with Gasteiger partial charge in [0, 0.05) is 17.1 Å². The van der Waals surface area contributed by atoms with Crippen LogP contribution < -0.4 is 4.90 Å². The van der Waals surface area contributed by atoms with Crippen LogP contribution in [0, 0.1) is 0 Å². The predicted molar refractivity (Wildman–Crippen MR) is 194 cm³/mol. The molecule has 0 aromatic heterocycles. The fourth-order valence-corrected chi connectivity index (χ4v) is 8.26. The van der Waals surface area contributed by atoms with Crippen LogP contribution in [0.2, 0.25) is 0 Å². The Morgan fingerprint density at radius 3 is 1.91 bits per heavy atom. The van der Waals surface area contributed by atoms with Gasteiger partial charge in [-0.1, -0.05) is 106 Å². The Balaban J connectivity index is 1.30. The zero-order chi connectivity index (χ0) is 30.3. The van der Waals surface area contributed by atoms with Crippen LogP contribution in [-0.4, -0.2) is 0 Å². The first-order chi connectivity index (χ1) is 22.2. The molecule has 0 radical (unpaired) electrons. The molecule has 0 bridgehead atoms. The van der Waals surface area contributed by atoms with Gasteiger partial charge in [0.2, 0.25) is 0 Å². The molecule has 1 heteroatoms. The van der Waals surface area contributed by atoms with E-state index in [0.29, 0.717) is 0 Å². The summed E-state index contributed by atoms with van der Waals surface area (Å²) in [4.78, 5) is 2.44. The van der Waals surface area contributed by atoms with Crippen molar-refractivity contribution in [2.75, 3.05) is 4.90 Å². The van der Waals surface area contributed by atoms with E-state index in [1.807, 2.05) is 0 Å². The smallest absolute Gasteiger partial charge is 0.0500 e. The van der Waals surface area contributed by atoms with Gasteiger partial charge in [-0.15, -0.1) is 0 Å². The highest BCUT2D eigenvalue weighted by atomic mass is 15.1. The summed E-state index contributed by atoms with van der Waals surface area (Å²) >= 11 is 0.